The molecule has 1 saturated heterocycles. The van der Waals surface area contributed by atoms with Gasteiger partial charge in [0.2, 0.25) is 11.8 Å². The van der Waals surface area contributed by atoms with Gasteiger partial charge in [-0.25, -0.2) is 4.98 Å². The smallest absolute Gasteiger partial charge is 0.259 e. The molecule has 0 spiro atoms. The van der Waals surface area contributed by atoms with Crippen LogP contribution in [0.1, 0.15) is 48.2 Å². The summed E-state index contributed by atoms with van der Waals surface area (Å²) >= 11 is 0. The molecule has 0 bridgehead atoms. The summed E-state index contributed by atoms with van der Waals surface area (Å²) in [6.07, 6.45) is 2.61. The van der Waals surface area contributed by atoms with Crippen molar-refractivity contribution in [1.29, 1.82) is 0 Å². The zero-order valence-corrected chi connectivity index (χ0v) is 23.1. The maximum absolute atomic E-state index is 13.6. The van der Waals surface area contributed by atoms with Gasteiger partial charge in [-0.05, 0) is 44.0 Å². The maximum Gasteiger partial charge on any atom is 0.259 e. The minimum Gasteiger partial charge on any atom is -0.497 e. The van der Waals surface area contributed by atoms with Crippen LogP contribution in [-0.2, 0) is 9.53 Å². The van der Waals surface area contributed by atoms with Crippen LogP contribution in [0.3, 0.4) is 0 Å². The van der Waals surface area contributed by atoms with Crippen LogP contribution in [0.2, 0.25) is 0 Å². The number of hydrogen-bond acceptors (Lipinski definition) is 7. The van der Waals surface area contributed by atoms with Gasteiger partial charge in [0.15, 0.2) is 0 Å². The molecule has 0 saturated carbocycles. The van der Waals surface area contributed by atoms with Gasteiger partial charge >= 0.3 is 0 Å². The van der Waals surface area contributed by atoms with Gasteiger partial charge < -0.3 is 29.1 Å². The van der Waals surface area contributed by atoms with Crippen molar-refractivity contribution in [2.24, 2.45) is 11.8 Å². The van der Waals surface area contributed by atoms with Crippen molar-refractivity contribution in [1.82, 2.24) is 14.8 Å². The van der Waals surface area contributed by atoms with E-state index >= 15 is 0 Å². The van der Waals surface area contributed by atoms with Gasteiger partial charge in [0, 0.05) is 56.0 Å². The normalized spacial score (nSPS) is 20.4. The minimum absolute atomic E-state index is 0.0591. The number of hydrogen-bond donors (Lipinski definition) is 1. The first kappa shape index (κ1) is 28.4. The van der Waals surface area contributed by atoms with E-state index in [0.29, 0.717) is 50.5 Å². The summed E-state index contributed by atoms with van der Waals surface area (Å²) in [6, 6.07) is 8.69. The number of ether oxygens (including phenoxy) is 3. The van der Waals surface area contributed by atoms with Crippen LogP contribution >= 0.6 is 0 Å². The molecule has 0 radical (unpaired) electrons. The Morgan fingerprint density at radius 2 is 2.00 bits per heavy atom. The number of carbonyl (C=O) groups excluding carboxylic acids is 2. The summed E-state index contributed by atoms with van der Waals surface area (Å²) in [7, 11) is 3.39. The highest BCUT2D eigenvalue weighted by Gasteiger charge is 2.35. The van der Waals surface area contributed by atoms with Gasteiger partial charge in [-0.2, -0.15) is 0 Å². The SMILES string of the molecule is COc1cccc(C#Cc2cnc3c(c2)C(=O)N([C@H](C)CO)C[C@@H](C)[C@H](CN(C)C(=O)C2CCOCC2)O3)c1. The molecule has 1 N–H and O–H groups in total. The fourth-order valence-corrected chi connectivity index (χ4v) is 4.85. The van der Waals surface area contributed by atoms with Gasteiger partial charge in [-0.3, -0.25) is 9.59 Å². The molecular weight excluding hydrogens is 498 g/mol. The Kier molecular flexibility index (Phi) is 9.44. The monoisotopic (exact) mass is 535 g/mol. The fourth-order valence-electron chi connectivity index (χ4n) is 4.85. The highest BCUT2D eigenvalue weighted by atomic mass is 16.5. The van der Waals surface area contributed by atoms with E-state index in [4.69, 9.17) is 14.2 Å². The Labute approximate surface area is 230 Å². The molecule has 2 aliphatic rings. The Bertz CT molecular complexity index is 1230. The number of amides is 2. The van der Waals surface area contributed by atoms with Crippen LogP contribution in [0.25, 0.3) is 0 Å². The Morgan fingerprint density at radius 3 is 2.72 bits per heavy atom. The number of carbonyl (C=O) groups is 2. The van der Waals surface area contributed by atoms with E-state index in [1.807, 2.05) is 38.1 Å². The zero-order valence-electron chi connectivity index (χ0n) is 23.1. The lowest BCUT2D eigenvalue weighted by atomic mass is 9.97. The quantitative estimate of drug-likeness (QED) is 0.568. The third-order valence-electron chi connectivity index (χ3n) is 7.34. The van der Waals surface area contributed by atoms with Crippen molar-refractivity contribution in [2.75, 3.05) is 47.1 Å². The summed E-state index contributed by atoms with van der Waals surface area (Å²) in [6.45, 7) is 5.52. The summed E-state index contributed by atoms with van der Waals surface area (Å²) < 4.78 is 17.0. The molecule has 2 aliphatic heterocycles. The summed E-state index contributed by atoms with van der Waals surface area (Å²) in [5.41, 5.74) is 1.61. The third-order valence-corrected chi connectivity index (χ3v) is 7.34. The molecule has 2 amide bonds. The zero-order chi connectivity index (χ0) is 27.9. The Morgan fingerprint density at radius 1 is 1.26 bits per heavy atom. The second kappa shape index (κ2) is 13.0. The molecule has 1 aromatic carbocycles. The first-order chi connectivity index (χ1) is 18.8. The van der Waals surface area contributed by atoms with E-state index in [9.17, 15) is 14.7 Å². The molecule has 0 unspecified atom stereocenters. The summed E-state index contributed by atoms with van der Waals surface area (Å²) in [5.74, 6) is 6.69. The first-order valence-electron chi connectivity index (χ1n) is 13.4. The molecule has 9 heteroatoms. The van der Waals surface area contributed by atoms with Crippen LogP contribution in [0.15, 0.2) is 36.5 Å². The number of nitrogens with zero attached hydrogens (tertiary/aromatic N) is 3. The van der Waals surface area contributed by atoms with Crippen LogP contribution in [-0.4, -0.2) is 90.9 Å². The molecule has 0 aliphatic carbocycles. The van der Waals surface area contributed by atoms with E-state index in [-0.39, 0.29) is 41.7 Å². The molecule has 4 rings (SSSR count). The number of aliphatic hydroxyl groups is 1. The number of methoxy groups -OCH3 is 1. The topological polar surface area (TPSA) is 101 Å². The molecule has 1 aromatic heterocycles. The maximum atomic E-state index is 13.6. The van der Waals surface area contributed by atoms with Gasteiger partial charge in [-0.1, -0.05) is 24.8 Å². The second-order valence-electron chi connectivity index (χ2n) is 10.3. The Balaban J connectivity index is 1.62. The highest BCUT2D eigenvalue weighted by molar-refractivity contribution is 5.97. The molecule has 2 aromatic rings. The van der Waals surface area contributed by atoms with Crippen molar-refractivity contribution in [3.63, 3.8) is 0 Å². The largest absolute Gasteiger partial charge is 0.497 e. The summed E-state index contributed by atoms with van der Waals surface area (Å²) in [5, 5.41) is 9.90. The lowest BCUT2D eigenvalue weighted by molar-refractivity contribution is -0.138. The van der Waals surface area contributed by atoms with E-state index < -0.39 is 12.1 Å². The van der Waals surface area contributed by atoms with E-state index in [1.54, 1.807) is 36.2 Å². The average Bonchev–Trinajstić information content (AvgIpc) is 2.97. The number of rotatable bonds is 6. The summed E-state index contributed by atoms with van der Waals surface area (Å²) in [4.78, 5) is 34.6. The van der Waals surface area contributed by atoms with Crippen molar-refractivity contribution in [3.8, 4) is 23.5 Å². The average molecular weight is 536 g/mol. The first-order valence-corrected chi connectivity index (χ1v) is 13.4. The van der Waals surface area contributed by atoms with E-state index in [2.05, 4.69) is 16.8 Å². The molecule has 208 valence electrons. The highest BCUT2D eigenvalue weighted by Crippen LogP contribution is 2.28. The third kappa shape index (κ3) is 6.88. The molecule has 3 atom stereocenters. The molecule has 9 nitrogen and oxygen atoms in total. The number of benzene rings is 1. The molecule has 1 fully saturated rings. The number of pyridine rings is 1. The van der Waals surface area contributed by atoms with Crippen molar-refractivity contribution in [3.05, 3.63) is 53.2 Å². The number of likely N-dealkylation sites (N-methyl/N-ethyl adjacent to an activating group) is 1. The van der Waals surface area contributed by atoms with Crippen LogP contribution in [0.5, 0.6) is 11.6 Å². The number of fused-ring (bicyclic) bond motifs is 1. The van der Waals surface area contributed by atoms with Gasteiger partial charge in [-0.15, -0.1) is 0 Å². The minimum atomic E-state index is -0.403. The second-order valence-corrected chi connectivity index (χ2v) is 10.3. The standard InChI is InChI=1S/C30H37N3O6/c1-20-17-33(21(2)19-34)30(36)26-15-23(9-8-22-6-5-7-25(14-22)37-4)16-31-28(26)39-27(20)18-32(3)29(35)24-10-12-38-13-11-24/h5-7,14-16,20-21,24,27,34H,10-13,17-19H2,1-4H3/t20-,21-,27+/m1/s1. The van der Waals surface area contributed by atoms with Gasteiger partial charge in [0.25, 0.3) is 5.91 Å². The lowest BCUT2D eigenvalue weighted by Crippen LogP contribution is -2.51. The van der Waals surface area contributed by atoms with Crippen molar-refractivity contribution in [2.45, 2.75) is 38.8 Å². The van der Waals surface area contributed by atoms with E-state index in [0.717, 1.165) is 5.56 Å². The molecule has 3 heterocycles. The van der Waals surface area contributed by atoms with Gasteiger partial charge in [0.05, 0.1) is 26.3 Å². The van der Waals surface area contributed by atoms with Crippen molar-refractivity contribution < 1.29 is 28.9 Å². The van der Waals surface area contributed by atoms with Crippen molar-refractivity contribution >= 4 is 11.8 Å². The fraction of sp³-hybridized carbons (Fsp3) is 0.500. The number of aliphatic hydroxyl groups excluding tert-OH is 1. The molecule has 39 heavy (non-hydrogen) atoms. The van der Waals surface area contributed by atoms with Gasteiger partial charge in [0.1, 0.15) is 17.4 Å². The van der Waals surface area contributed by atoms with Crippen LogP contribution < -0.4 is 9.47 Å². The predicted octanol–water partition coefficient (Wildman–Crippen LogP) is 2.60. The number of aromatic nitrogens is 1. The van der Waals surface area contributed by atoms with Crippen LogP contribution in [0.4, 0.5) is 0 Å². The van der Waals surface area contributed by atoms with Crippen LogP contribution in [0, 0.1) is 23.7 Å². The lowest BCUT2D eigenvalue weighted by Gasteiger charge is -2.38. The molecular formula is C30H37N3O6. The predicted molar refractivity (Wildman–Crippen MR) is 146 cm³/mol. The Hall–Kier alpha value is -3.61. The van der Waals surface area contributed by atoms with E-state index in [1.165, 1.54) is 0 Å².